The van der Waals surface area contributed by atoms with Crippen molar-refractivity contribution in [3.63, 3.8) is 0 Å². The Balaban J connectivity index is 1.89. The average Bonchev–Trinajstić information content (AvgIpc) is 2.83. The SMILES string of the molecule is CCCN(CC(=O)Nc1ccccc1C)C(=O)COC(=O)[C@H](C)NC(=O)c1cccc([N+](=O)[O-])c1. The fourth-order valence-electron chi connectivity index (χ4n) is 3.09. The highest BCUT2D eigenvalue weighted by Gasteiger charge is 2.23. The summed E-state index contributed by atoms with van der Waals surface area (Å²) < 4.78 is 5.03. The van der Waals surface area contributed by atoms with E-state index in [-0.39, 0.29) is 30.2 Å². The molecule has 11 nitrogen and oxygen atoms in total. The number of nitrogens with one attached hydrogen (secondary N) is 2. The van der Waals surface area contributed by atoms with Gasteiger partial charge in [-0.2, -0.15) is 0 Å². The number of benzene rings is 2. The highest BCUT2D eigenvalue weighted by atomic mass is 16.6. The van der Waals surface area contributed by atoms with Crippen molar-refractivity contribution < 1.29 is 28.8 Å². The monoisotopic (exact) mass is 484 g/mol. The van der Waals surface area contributed by atoms with E-state index in [9.17, 15) is 29.3 Å². The normalized spacial score (nSPS) is 11.2. The Labute approximate surface area is 202 Å². The molecule has 0 radical (unpaired) electrons. The van der Waals surface area contributed by atoms with E-state index in [0.717, 1.165) is 11.6 Å². The van der Waals surface area contributed by atoms with Crippen molar-refractivity contribution >= 4 is 35.1 Å². The Morgan fingerprint density at radius 2 is 1.83 bits per heavy atom. The van der Waals surface area contributed by atoms with Crippen LogP contribution in [0.25, 0.3) is 0 Å². The molecule has 2 aromatic rings. The van der Waals surface area contributed by atoms with Gasteiger partial charge < -0.3 is 20.3 Å². The van der Waals surface area contributed by atoms with E-state index >= 15 is 0 Å². The van der Waals surface area contributed by atoms with Gasteiger partial charge in [0.25, 0.3) is 17.5 Å². The van der Waals surface area contributed by atoms with Crippen molar-refractivity contribution in [2.45, 2.75) is 33.2 Å². The number of hydrogen-bond donors (Lipinski definition) is 2. The maximum absolute atomic E-state index is 12.6. The van der Waals surface area contributed by atoms with Crippen LogP contribution in [0.4, 0.5) is 11.4 Å². The molecule has 0 aromatic heterocycles. The second kappa shape index (κ2) is 12.8. The first-order chi connectivity index (χ1) is 16.6. The molecule has 0 aliphatic carbocycles. The van der Waals surface area contributed by atoms with Crippen molar-refractivity contribution in [2.75, 3.05) is 25.0 Å². The van der Waals surface area contributed by atoms with Gasteiger partial charge in [0.1, 0.15) is 6.04 Å². The van der Waals surface area contributed by atoms with Gasteiger partial charge in [0.2, 0.25) is 5.91 Å². The van der Waals surface area contributed by atoms with Gasteiger partial charge in [-0.1, -0.05) is 31.2 Å². The smallest absolute Gasteiger partial charge is 0.328 e. The van der Waals surface area contributed by atoms with E-state index in [1.807, 2.05) is 26.0 Å². The fraction of sp³-hybridized carbons (Fsp3) is 0.333. The Morgan fingerprint density at radius 1 is 1.11 bits per heavy atom. The Hall–Kier alpha value is -4.28. The molecule has 1 atom stereocenters. The van der Waals surface area contributed by atoms with Crippen LogP contribution in [0.1, 0.15) is 36.2 Å². The number of carbonyl (C=O) groups excluding carboxylic acids is 4. The zero-order valence-corrected chi connectivity index (χ0v) is 19.8. The van der Waals surface area contributed by atoms with Crippen molar-refractivity contribution in [3.8, 4) is 0 Å². The predicted octanol–water partition coefficient (Wildman–Crippen LogP) is 2.44. The third-order valence-corrected chi connectivity index (χ3v) is 4.96. The minimum atomic E-state index is -1.11. The Kier molecular flexibility index (Phi) is 9.88. The zero-order chi connectivity index (χ0) is 26.0. The van der Waals surface area contributed by atoms with Crippen LogP contribution < -0.4 is 10.6 Å². The maximum atomic E-state index is 12.6. The summed E-state index contributed by atoms with van der Waals surface area (Å²) in [6, 6.07) is 11.2. The highest BCUT2D eigenvalue weighted by Crippen LogP contribution is 2.14. The van der Waals surface area contributed by atoms with E-state index < -0.39 is 35.4 Å². The third-order valence-electron chi connectivity index (χ3n) is 4.96. The van der Waals surface area contributed by atoms with Crippen LogP contribution >= 0.6 is 0 Å². The van der Waals surface area contributed by atoms with Gasteiger partial charge in [0, 0.05) is 29.9 Å². The number of anilines is 1. The lowest BCUT2D eigenvalue weighted by Gasteiger charge is -2.22. The fourth-order valence-corrected chi connectivity index (χ4v) is 3.09. The summed E-state index contributed by atoms with van der Waals surface area (Å²) in [5.41, 5.74) is 1.26. The lowest BCUT2D eigenvalue weighted by Crippen LogP contribution is -2.43. The molecule has 186 valence electrons. The molecule has 0 unspecified atom stereocenters. The number of nitrogens with zero attached hydrogens (tertiary/aromatic N) is 2. The van der Waals surface area contributed by atoms with Gasteiger partial charge in [-0.05, 0) is 38.0 Å². The quantitative estimate of drug-likeness (QED) is 0.283. The van der Waals surface area contributed by atoms with E-state index in [2.05, 4.69) is 10.6 Å². The summed E-state index contributed by atoms with van der Waals surface area (Å²) in [5.74, 6) is -2.51. The minimum absolute atomic E-state index is 0.00344. The topological polar surface area (TPSA) is 148 Å². The summed E-state index contributed by atoms with van der Waals surface area (Å²) in [5, 5.41) is 16.0. The number of nitro groups is 1. The number of aryl methyl sites for hydroxylation is 1. The number of amides is 3. The number of hydrogen-bond acceptors (Lipinski definition) is 7. The van der Waals surface area contributed by atoms with Crippen LogP contribution in [0.2, 0.25) is 0 Å². The standard InChI is InChI=1S/C24H28N4O7/c1-4-12-27(14-21(29)26-20-11-6-5-8-16(20)2)22(30)15-35-24(32)17(3)25-23(31)18-9-7-10-19(13-18)28(33)34/h5-11,13,17H,4,12,14-15H2,1-3H3,(H,25,31)(H,26,29)/t17-/m0/s1. The molecule has 0 aliphatic rings. The van der Waals surface area contributed by atoms with E-state index in [1.54, 1.807) is 12.1 Å². The molecule has 35 heavy (non-hydrogen) atoms. The minimum Gasteiger partial charge on any atom is -0.454 e. The molecular formula is C24H28N4O7. The van der Waals surface area contributed by atoms with Crippen molar-refractivity contribution in [2.24, 2.45) is 0 Å². The first-order valence-electron chi connectivity index (χ1n) is 11.0. The predicted molar refractivity (Wildman–Crippen MR) is 128 cm³/mol. The van der Waals surface area contributed by atoms with Gasteiger partial charge in [0.05, 0.1) is 11.5 Å². The van der Waals surface area contributed by atoms with Crippen molar-refractivity contribution in [1.82, 2.24) is 10.2 Å². The highest BCUT2D eigenvalue weighted by molar-refractivity contribution is 5.98. The van der Waals surface area contributed by atoms with E-state index in [4.69, 9.17) is 4.74 Å². The van der Waals surface area contributed by atoms with Gasteiger partial charge >= 0.3 is 5.97 Å². The van der Waals surface area contributed by atoms with Gasteiger partial charge in [0.15, 0.2) is 6.61 Å². The summed E-state index contributed by atoms with van der Waals surface area (Å²) in [4.78, 5) is 61.1. The van der Waals surface area contributed by atoms with Crippen LogP contribution in [0.3, 0.4) is 0 Å². The van der Waals surface area contributed by atoms with Gasteiger partial charge in [-0.3, -0.25) is 24.5 Å². The number of para-hydroxylation sites is 1. The second-order valence-electron chi connectivity index (χ2n) is 7.79. The Morgan fingerprint density at radius 3 is 2.49 bits per heavy atom. The van der Waals surface area contributed by atoms with Crippen LogP contribution in [0.5, 0.6) is 0 Å². The molecule has 11 heteroatoms. The first kappa shape index (κ1) is 27.0. The average molecular weight is 485 g/mol. The third kappa shape index (κ3) is 8.22. The molecule has 0 aliphatic heterocycles. The van der Waals surface area contributed by atoms with Crippen LogP contribution in [0, 0.1) is 17.0 Å². The van der Waals surface area contributed by atoms with Crippen molar-refractivity contribution in [1.29, 1.82) is 0 Å². The molecule has 0 fully saturated rings. The number of carbonyl (C=O) groups is 4. The maximum Gasteiger partial charge on any atom is 0.328 e. The second-order valence-corrected chi connectivity index (χ2v) is 7.79. The molecule has 3 amide bonds. The summed E-state index contributed by atoms with van der Waals surface area (Å²) in [7, 11) is 0. The van der Waals surface area contributed by atoms with Gasteiger partial charge in [-0.25, -0.2) is 4.79 Å². The van der Waals surface area contributed by atoms with Gasteiger partial charge in [-0.15, -0.1) is 0 Å². The van der Waals surface area contributed by atoms with Crippen molar-refractivity contribution in [3.05, 3.63) is 69.8 Å². The molecular weight excluding hydrogens is 456 g/mol. The van der Waals surface area contributed by atoms with E-state index in [1.165, 1.54) is 30.0 Å². The van der Waals surface area contributed by atoms with Crippen LogP contribution in [-0.2, 0) is 19.1 Å². The lowest BCUT2D eigenvalue weighted by molar-refractivity contribution is -0.384. The number of non-ortho nitro benzene ring substituents is 1. The molecule has 2 N–H and O–H groups in total. The molecule has 2 rings (SSSR count). The number of esters is 1. The van der Waals surface area contributed by atoms with E-state index in [0.29, 0.717) is 12.1 Å². The first-order valence-corrected chi connectivity index (χ1v) is 11.0. The number of rotatable bonds is 11. The van der Waals surface area contributed by atoms with Crippen LogP contribution in [0.15, 0.2) is 48.5 Å². The summed E-state index contributed by atoms with van der Waals surface area (Å²) >= 11 is 0. The summed E-state index contributed by atoms with van der Waals surface area (Å²) in [6.07, 6.45) is 0.590. The Bertz CT molecular complexity index is 1100. The number of ether oxygens (including phenoxy) is 1. The van der Waals surface area contributed by atoms with Crippen LogP contribution in [-0.4, -0.2) is 59.3 Å². The molecule has 2 aromatic carbocycles. The largest absolute Gasteiger partial charge is 0.454 e. The molecule has 0 saturated heterocycles. The molecule has 0 spiro atoms. The summed E-state index contributed by atoms with van der Waals surface area (Å²) in [6.45, 7) is 4.53. The molecule has 0 bridgehead atoms. The molecule has 0 heterocycles. The molecule has 0 saturated carbocycles. The number of nitro benzene ring substituents is 1. The lowest BCUT2D eigenvalue weighted by atomic mass is 10.2. The zero-order valence-electron chi connectivity index (χ0n) is 19.8.